The van der Waals surface area contributed by atoms with Crippen molar-refractivity contribution in [2.24, 2.45) is 5.92 Å². The molecule has 1 unspecified atom stereocenters. The number of likely N-dealkylation sites (tertiary alicyclic amines) is 1. The molecule has 27 heavy (non-hydrogen) atoms. The third-order valence-corrected chi connectivity index (χ3v) is 4.81. The molecule has 0 spiro atoms. The molecule has 6 heteroatoms. The van der Waals surface area contributed by atoms with Gasteiger partial charge in [0.1, 0.15) is 0 Å². The first-order valence-electron chi connectivity index (χ1n) is 9.01. The molecule has 1 fully saturated rings. The number of piperidine rings is 1. The van der Waals surface area contributed by atoms with E-state index in [1.165, 1.54) is 6.42 Å². The highest BCUT2D eigenvalue weighted by Gasteiger charge is 2.22. The molecule has 0 aliphatic carbocycles. The van der Waals surface area contributed by atoms with Crippen molar-refractivity contribution < 1.29 is 9.59 Å². The molecule has 5 nitrogen and oxygen atoms in total. The van der Waals surface area contributed by atoms with E-state index in [1.54, 1.807) is 36.4 Å². The number of halogens is 1. The number of benzene rings is 2. The summed E-state index contributed by atoms with van der Waals surface area (Å²) in [6, 6.07) is 12.3. The van der Waals surface area contributed by atoms with Gasteiger partial charge in [0.25, 0.3) is 11.8 Å². The lowest BCUT2D eigenvalue weighted by atomic mass is 9.99. The van der Waals surface area contributed by atoms with Crippen LogP contribution in [-0.2, 0) is 0 Å². The van der Waals surface area contributed by atoms with Crippen LogP contribution in [0.2, 0.25) is 0 Å². The van der Waals surface area contributed by atoms with Crippen LogP contribution >= 0.6 is 12.4 Å². The summed E-state index contributed by atoms with van der Waals surface area (Å²) in [7, 11) is 0. The highest BCUT2D eigenvalue weighted by molar-refractivity contribution is 6.05. The molecule has 2 aromatic carbocycles. The lowest BCUT2D eigenvalue weighted by Crippen LogP contribution is -2.39. The second kappa shape index (κ2) is 8.91. The Morgan fingerprint density at radius 2 is 1.93 bits per heavy atom. The quantitative estimate of drug-likeness (QED) is 0.777. The fraction of sp³-hybridized carbons (Fsp3) is 0.333. The first kappa shape index (κ1) is 20.8. The maximum atomic E-state index is 12.7. The fourth-order valence-electron chi connectivity index (χ4n) is 3.37. The zero-order valence-corrected chi connectivity index (χ0v) is 16.5. The Balaban J connectivity index is 0.00000261. The summed E-state index contributed by atoms with van der Waals surface area (Å²) in [5.74, 6) is 0.392. The van der Waals surface area contributed by atoms with Gasteiger partial charge < -0.3 is 16.0 Å². The second-order valence-electron chi connectivity index (χ2n) is 7.11. The Kier molecular flexibility index (Phi) is 6.86. The predicted octanol–water partition coefficient (Wildman–Crippen LogP) is 4.12. The van der Waals surface area contributed by atoms with Gasteiger partial charge in [0.15, 0.2) is 0 Å². The Bertz CT molecular complexity index is 838. The molecule has 1 saturated heterocycles. The topological polar surface area (TPSA) is 75.4 Å². The Morgan fingerprint density at radius 3 is 2.59 bits per heavy atom. The zero-order chi connectivity index (χ0) is 18.7. The van der Waals surface area contributed by atoms with Gasteiger partial charge in [-0.05, 0) is 67.6 Å². The van der Waals surface area contributed by atoms with Gasteiger partial charge in [0.2, 0.25) is 0 Å². The number of hydrogen-bond donors (Lipinski definition) is 2. The van der Waals surface area contributed by atoms with E-state index in [0.717, 1.165) is 25.1 Å². The van der Waals surface area contributed by atoms with Crippen molar-refractivity contribution in [3.05, 3.63) is 59.2 Å². The average molecular weight is 388 g/mol. The minimum Gasteiger partial charge on any atom is -0.399 e. The highest BCUT2D eigenvalue weighted by atomic mass is 35.5. The molecule has 1 aliphatic rings. The number of anilines is 2. The first-order chi connectivity index (χ1) is 12.4. The van der Waals surface area contributed by atoms with E-state index in [-0.39, 0.29) is 24.2 Å². The number of nitrogens with two attached hydrogens (primary N) is 1. The minimum absolute atomic E-state index is 0. The van der Waals surface area contributed by atoms with E-state index in [2.05, 4.69) is 12.2 Å². The van der Waals surface area contributed by atoms with Crippen molar-refractivity contribution in [2.45, 2.75) is 26.7 Å². The van der Waals surface area contributed by atoms with Crippen LogP contribution in [0.15, 0.2) is 42.5 Å². The van der Waals surface area contributed by atoms with Crippen LogP contribution < -0.4 is 11.1 Å². The number of rotatable bonds is 3. The van der Waals surface area contributed by atoms with Crippen LogP contribution in [0.1, 0.15) is 46.0 Å². The summed E-state index contributed by atoms with van der Waals surface area (Å²) in [4.78, 5) is 27.0. The van der Waals surface area contributed by atoms with Gasteiger partial charge in [-0.25, -0.2) is 0 Å². The molecule has 0 bridgehead atoms. The smallest absolute Gasteiger partial charge is 0.255 e. The number of aryl methyl sites for hydroxylation is 1. The molecule has 2 amide bonds. The maximum Gasteiger partial charge on any atom is 0.255 e. The maximum absolute atomic E-state index is 12.7. The first-order valence-corrected chi connectivity index (χ1v) is 9.01. The number of carbonyl (C=O) groups is 2. The summed E-state index contributed by atoms with van der Waals surface area (Å²) < 4.78 is 0. The third-order valence-electron chi connectivity index (χ3n) is 4.81. The van der Waals surface area contributed by atoms with E-state index in [4.69, 9.17) is 5.73 Å². The molecular weight excluding hydrogens is 362 g/mol. The number of carbonyl (C=O) groups excluding carboxylic acids is 2. The largest absolute Gasteiger partial charge is 0.399 e. The molecule has 1 atom stereocenters. The van der Waals surface area contributed by atoms with Crippen LogP contribution in [0.5, 0.6) is 0 Å². The van der Waals surface area contributed by atoms with Crippen molar-refractivity contribution in [1.29, 1.82) is 0 Å². The molecule has 0 saturated carbocycles. The number of nitrogen functional groups attached to an aromatic ring is 1. The summed E-state index contributed by atoms with van der Waals surface area (Å²) in [5.41, 5.74) is 9.01. The van der Waals surface area contributed by atoms with E-state index < -0.39 is 0 Å². The van der Waals surface area contributed by atoms with Gasteiger partial charge >= 0.3 is 0 Å². The molecule has 3 rings (SSSR count). The number of nitrogens with zero attached hydrogens (tertiary/aromatic N) is 1. The lowest BCUT2D eigenvalue weighted by molar-refractivity contribution is 0.0683. The normalized spacial score (nSPS) is 16.4. The van der Waals surface area contributed by atoms with E-state index in [9.17, 15) is 9.59 Å². The standard InChI is InChI=1S/C21H25N3O2.ClH/c1-14-5-4-10-24(13-14)21(26)17-8-9-19(15(2)11-17)23-20(25)16-6-3-7-18(22)12-16;/h3,6-9,11-12,14H,4-5,10,13,22H2,1-2H3,(H,23,25);1H. The van der Waals surface area contributed by atoms with Crippen molar-refractivity contribution in [2.75, 3.05) is 24.1 Å². The summed E-state index contributed by atoms with van der Waals surface area (Å²) in [6.45, 7) is 5.70. The van der Waals surface area contributed by atoms with E-state index in [1.807, 2.05) is 17.9 Å². The van der Waals surface area contributed by atoms with Crippen LogP contribution in [0.3, 0.4) is 0 Å². The minimum atomic E-state index is -0.218. The molecule has 2 aromatic rings. The Hall–Kier alpha value is -2.53. The molecule has 1 aliphatic heterocycles. The van der Waals surface area contributed by atoms with Gasteiger partial charge in [-0.2, -0.15) is 0 Å². The number of hydrogen-bond acceptors (Lipinski definition) is 3. The van der Waals surface area contributed by atoms with Crippen LogP contribution in [0, 0.1) is 12.8 Å². The zero-order valence-electron chi connectivity index (χ0n) is 15.7. The summed E-state index contributed by atoms with van der Waals surface area (Å²) >= 11 is 0. The third kappa shape index (κ3) is 5.01. The van der Waals surface area contributed by atoms with Gasteiger partial charge in [-0.3, -0.25) is 9.59 Å². The molecule has 0 radical (unpaired) electrons. The SMILES string of the molecule is Cc1cc(C(=O)N2CCCC(C)C2)ccc1NC(=O)c1cccc(N)c1.Cl. The molecule has 144 valence electrons. The van der Waals surface area contributed by atoms with E-state index >= 15 is 0 Å². The van der Waals surface area contributed by atoms with Crippen molar-refractivity contribution in [3.63, 3.8) is 0 Å². The van der Waals surface area contributed by atoms with Crippen molar-refractivity contribution in [3.8, 4) is 0 Å². The fourth-order valence-corrected chi connectivity index (χ4v) is 3.37. The van der Waals surface area contributed by atoms with Crippen LogP contribution in [0.25, 0.3) is 0 Å². The summed E-state index contributed by atoms with van der Waals surface area (Å²) in [6.07, 6.45) is 2.23. The molecular formula is C21H26ClN3O2. The number of amides is 2. The average Bonchev–Trinajstić information content (AvgIpc) is 2.62. The van der Waals surface area contributed by atoms with Gasteiger partial charge in [0, 0.05) is 35.6 Å². The Morgan fingerprint density at radius 1 is 1.15 bits per heavy atom. The molecule has 0 aromatic heterocycles. The monoisotopic (exact) mass is 387 g/mol. The van der Waals surface area contributed by atoms with Crippen molar-refractivity contribution >= 4 is 35.6 Å². The second-order valence-corrected chi connectivity index (χ2v) is 7.11. The van der Waals surface area contributed by atoms with Crippen molar-refractivity contribution in [1.82, 2.24) is 4.90 Å². The van der Waals surface area contributed by atoms with Gasteiger partial charge in [-0.15, -0.1) is 12.4 Å². The highest BCUT2D eigenvalue weighted by Crippen LogP contribution is 2.22. The van der Waals surface area contributed by atoms with Crippen LogP contribution in [0.4, 0.5) is 11.4 Å². The molecule has 3 N–H and O–H groups in total. The van der Waals surface area contributed by atoms with Gasteiger partial charge in [-0.1, -0.05) is 13.0 Å². The van der Waals surface area contributed by atoms with Crippen LogP contribution in [-0.4, -0.2) is 29.8 Å². The molecule has 1 heterocycles. The lowest BCUT2D eigenvalue weighted by Gasteiger charge is -2.31. The predicted molar refractivity (Wildman–Crippen MR) is 112 cm³/mol. The Labute approximate surface area is 166 Å². The van der Waals surface area contributed by atoms with E-state index in [0.29, 0.717) is 28.4 Å². The summed E-state index contributed by atoms with van der Waals surface area (Å²) in [5, 5.41) is 2.89. The van der Waals surface area contributed by atoms with Gasteiger partial charge in [0.05, 0.1) is 0 Å². The number of nitrogens with one attached hydrogen (secondary N) is 1.